The van der Waals surface area contributed by atoms with E-state index in [-0.39, 0.29) is 11.6 Å². The van der Waals surface area contributed by atoms with Gasteiger partial charge in [0.05, 0.1) is 28.8 Å². The molecule has 4 rings (SSSR count). The molecule has 0 unspecified atom stereocenters. The van der Waals surface area contributed by atoms with E-state index in [0.717, 1.165) is 28.6 Å². The molecule has 2 aromatic heterocycles. The molecule has 2 heterocycles. The van der Waals surface area contributed by atoms with Crippen molar-refractivity contribution in [2.75, 3.05) is 70.2 Å². The first-order valence-corrected chi connectivity index (χ1v) is 14.4. The van der Waals surface area contributed by atoms with E-state index in [9.17, 15) is 10.1 Å². The van der Waals surface area contributed by atoms with E-state index in [1.807, 2.05) is 43.1 Å². The van der Waals surface area contributed by atoms with Gasteiger partial charge >= 0.3 is 0 Å². The number of rotatable bonds is 11. The molecule has 0 aliphatic heterocycles. The van der Waals surface area contributed by atoms with Gasteiger partial charge in [0.2, 0.25) is 5.95 Å². The van der Waals surface area contributed by atoms with E-state index in [1.165, 1.54) is 13.2 Å². The Hall–Kier alpha value is -4.15. The van der Waals surface area contributed by atoms with E-state index in [0.29, 0.717) is 29.5 Å². The lowest BCUT2D eigenvalue weighted by molar-refractivity contribution is -0.384. The number of methoxy groups -OCH3 is 1. The van der Waals surface area contributed by atoms with Crippen molar-refractivity contribution in [3.63, 3.8) is 0 Å². The Morgan fingerprint density at radius 1 is 0.974 bits per heavy atom. The van der Waals surface area contributed by atoms with Gasteiger partial charge in [-0.15, -0.1) is 0 Å². The van der Waals surface area contributed by atoms with E-state index in [4.69, 9.17) is 4.74 Å². The summed E-state index contributed by atoms with van der Waals surface area (Å²) in [6.07, 6.45) is 4.99. The molecule has 0 aliphatic rings. The number of aromatic nitrogens is 4. The second kappa shape index (κ2) is 12.1. The fourth-order valence-electron chi connectivity index (χ4n) is 4.07. The highest BCUT2D eigenvalue weighted by Gasteiger charge is 2.22. The Kier molecular flexibility index (Phi) is 8.68. The number of fused-ring (bicyclic) bond motifs is 1. The van der Waals surface area contributed by atoms with Crippen LogP contribution in [0, 0.1) is 10.1 Å². The van der Waals surface area contributed by atoms with Crippen molar-refractivity contribution in [3.05, 3.63) is 59.0 Å². The van der Waals surface area contributed by atoms with Crippen molar-refractivity contribution in [1.82, 2.24) is 24.8 Å². The van der Waals surface area contributed by atoms with Gasteiger partial charge in [0, 0.05) is 61.9 Å². The molecule has 2 aromatic carbocycles. The summed E-state index contributed by atoms with van der Waals surface area (Å²) in [5, 5.41) is 19.5. The zero-order valence-corrected chi connectivity index (χ0v) is 23.7. The van der Waals surface area contributed by atoms with Gasteiger partial charge < -0.3 is 25.2 Å². The van der Waals surface area contributed by atoms with Gasteiger partial charge in [-0.05, 0) is 45.6 Å². The minimum atomic E-state index is -0.503. The Morgan fingerprint density at radius 3 is 2.44 bits per heavy atom. The van der Waals surface area contributed by atoms with Gasteiger partial charge in [0.15, 0.2) is 0 Å². The van der Waals surface area contributed by atoms with Crippen LogP contribution in [0.15, 0.2) is 48.9 Å². The summed E-state index contributed by atoms with van der Waals surface area (Å²) in [6, 6.07) is 8.76. The van der Waals surface area contributed by atoms with E-state index >= 15 is 0 Å². The molecule has 0 atom stereocenters. The van der Waals surface area contributed by atoms with Crippen molar-refractivity contribution in [1.29, 1.82) is 0 Å². The van der Waals surface area contributed by atoms with Gasteiger partial charge in [-0.1, -0.05) is 7.92 Å². The van der Waals surface area contributed by atoms with Crippen molar-refractivity contribution in [3.8, 4) is 5.75 Å². The van der Waals surface area contributed by atoms with Gasteiger partial charge in [0.25, 0.3) is 5.69 Å². The smallest absolute Gasteiger partial charge is 0.294 e. The average molecular weight is 550 g/mol. The van der Waals surface area contributed by atoms with E-state index in [2.05, 4.69) is 43.9 Å². The topological polar surface area (TPSA) is 134 Å². The summed E-state index contributed by atoms with van der Waals surface area (Å²) < 4.78 is 5.57. The molecule has 0 saturated heterocycles. The Morgan fingerprint density at radius 2 is 1.74 bits per heavy atom. The number of nitrogens with one attached hydrogen (secondary N) is 2. The summed E-state index contributed by atoms with van der Waals surface area (Å²) in [5.74, 6) is 1.26. The maximum atomic E-state index is 12.0. The first-order chi connectivity index (χ1) is 18.7. The quantitative estimate of drug-likeness (QED) is 0.158. The predicted octanol–water partition coefficient (Wildman–Crippen LogP) is 4.19. The van der Waals surface area contributed by atoms with E-state index < -0.39 is 12.8 Å². The van der Waals surface area contributed by atoms with Crippen molar-refractivity contribution >= 4 is 58.8 Å². The van der Waals surface area contributed by atoms with Crippen LogP contribution in [0.5, 0.6) is 5.75 Å². The molecule has 0 radical (unpaired) electrons. The van der Waals surface area contributed by atoms with Crippen LogP contribution in [0.4, 0.5) is 34.5 Å². The lowest BCUT2D eigenvalue weighted by Crippen LogP contribution is -2.28. The van der Waals surface area contributed by atoms with Crippen LogP contribution in [0.25, 0.3) is 11.0 Å². The zero-order valence-electron chi connectivity index (χ0n) is 22.8. The monoisotopic (exact) mass is 549 g/mol. The lowest BCUT2D eigenvalue weighted by Gasteiger charge is -2.22. The van der Waals surface area contributed by atoms with Crippen LogP contribution < -0.4 is 25.6 Å². The normalized spacial score (nSPS) is 11.2. The zero-order chi connectivity index (χ0) is 28.1. The Balaban J connectivity index is 1.64. The highest BCUT2D eigenvalue weighted by atomic mass is 31.1. The average Bonchev–Trinajstić information content (AvgIpc) is 2.91. The summed E-state index contributed by atoms with van der Waals surface area (Å²) in [7, 11) is 6.75. The van der Waals surface area contributed by atoms with E-state index in [1.54, 1.807) is 30.7 Å². The van der Waals surface area contributed by atoms with Crippen LogP contribution in [0.2, 0.25) is 0 Å². The molecule has 0 bridgehead atoms. The summed E-state index contributed by atoms with van der Waals surface area (Å²) in [5.41, 5.74) is 3.39. The number of nitrogens with zero attached hydrogens (tertiary/aromatic N) is 7. The first-order valence-electron chi connectivity index (χ1n) is 12.2. The maximum Gasteiger partial charge on any atom is 0.294 e. The van der Waals surface area contributed by atoms with Crippen LogP contribution in [0.1, 0.15) is 0 Å². The van der Waals surface area contributed by atoms with Gasteiger partial charge in [0.1, 0.15) is 17.3 Å². The Labute approximate surface area is 228 Å². The van der Waals surface area contributed by atoms with Crippen LogP contribution in [-0.2, 0) is 0 Å². The number of hydrogen-bond donors (Lipinski definition) is 2. The second-order valence-electron chi connectivity index (χ2n) is 9.32. The number of benzene rings is 2. The molecule has 13 heteroatoms. The molecular formula is C26H32N9O3P. The fraction of sp³-hybridized carbons (Fsp3) is 0.308. The number of nitro benzene ring substituents is 1. The molecule has 12 nitrogen and oxygen atoms in total. The summed E-state index contributed by atoms with van der Waals surface area (Å²) >= 11 is 0. The second-order valence-corrected chi connectivity index (χ2v) is 11.6. The largest absolute Gasteiger partial charge is 0.494 e. The number of hydrogen-bond acceptors (Lipinski definition) is 11. The molecule has 0 spiro atoms. The number of likely N-dealkylation sites (N-methyl/N-ethyl adjacent to an activating group) is 2. The molecule has 2 N–H and O–H groups in total. The molecule has 0 aliphatic carbocycles. The van der Waals surface area contributed by atoms with Crippen LogP contribution >= 0.6 is 7.92 Å². The van der Waals surface area contributed by atoms with Gasteiger partial charge in [-0.2, -0.15) is 4.98 Å². The third-order valence-corrected chi connectivity index (χ3v) is 7.36. The van der Waals surface area contributed by atoms with Crippen molar-refractivity contribution < 1.29 is 9.66 Å². The molecule has 4 aromatic rings. The lowest BCUT2D eigenvalue weighted by atomic mass is 10.2. The summed E-state index contributed by atoms with van der Waals surface area (Å²) in [4.78, 5) is 33.3. The number of anilines is 5. The SMILES string of the molecule is COc1cc(N(C)CCN(C)C)c([N+](=O)[O-])cc1Nc1nccc(Nc2ccc3nccnc3c2P(C)C)n1. The maximum absolute atomic E-state index is 12.0. The minimum Gasteiger partial charge on any atom is -0.494 e. The molecular weight excluding hydrogens is 517 g/mol. The standard InChI is InChI=1S/C26H32N9O3P/c1-33(2)13-14-34(3)20-16-22(38-4)19(15-21(20)35(36)37)31-26-29-10-9-23(32-26)30-18-8-7-17-24(25(18)39(5)6)28-12-11-27-17/h7-12,15-16H,13-14H2,1-6H3,(H2,29,30,31,32). The molecule has 0 fully saturated rings. The minimum absolute atomic E-state index is 0.0463. The third-order valence-electron chi connectivity index (χ3n) is 6.01. The fourth-order valence-corrected chi connectivity index (χ4v) is 5.28. The Bertz CT molecular complexity index is 1480. The van der Waals surface area contributed by atoms with Gasteiger partial charge in [-0.3, -0.25) is 20.1 Å². The number of nitro groups is 1. The molecule has 0 amide bonds. The summed E-state index contributed by atoms with van der Waals surface area (Å²) in [6.45, 7) is 5.68. The molecule has 0 saturated carbocycles. The first kappa shape index (κ1) is 27.9. The van der Waals surface area contributed by atoms with Crippen molar-refractivity contribution in [2.24, 2.45) is 0 Å². The molecule has 39 heavy (non-hydrogen) atoms. The third kappa shape index (κ3) is 6.47. The van der Waals surface area contributed by atoms with Crippen molar-refractivity contribution in [2.45, 2.75) is 0 Å². The van der Waals surface area contributed by atoms with Gasteiger partial charge in [-0.25, -0.2) is 4.98 Å². The van der Waals surface area contributed by atoms with Crippen LogP contribution in [-0.4, -0.2) is 84.4 Å². The van der Waals surface area contributed by atoms with Crippen LogP contribution in [0.3, 0.4) is 0 Å². The highest BCUT2D eigenvalue weighted by molar-refractivity contribution is 7.65. The highest BCUT2D eigenvalue weighted by Crippen LogP contribution is 2.39. The molecule has 204 valence electrons. The number of ether oxygens (including phenoxy) is 1. The predicted molar refractivity (Wildman–Crippen MR) is 158 cm³/mol.